The van der Waals surface area contributed by atoms with E-state index in [-0.39, 0.29) is 6.04 Å². The number of hydrazine groups is 1. The van der Waals surface area contributed by atoms with Gasteiger partial charge in [0, 0.05) is 19.0 Å². The lowest BCUT2D eigenvalue weighted by Crippen LogP contribution is -2.31. The van der Waals surface area contributed by atoms with E-state index in [1.54, 1.807) is 12.4 Å². The van der Waals surface area contributed by atoms with Crippen LogP contribution in [0.2, 0.25) is 5.02 Å². The third-order valence-corrected chi connectivity index (χ3v) is 2.33. The predicted molar refractivity (Wildman–Crippen MR) is 60.4 cm³/mol. The van der Waals surface area contributed by atoms with Crippen LogP contribution in [0.4, 0.5) is 0 Å². The first kappa shape index (κ1) is 12.4. The van der Waals surface area contributed by atoms with E-state index in [9.17, 15) is 0 Å². The van der Waals surface area contributed by atoms with Crippen LogP contribution in [0.15, 0.2) is 18.5 Å². The van der Waals surface area contributed by atoms with E-state index in [1.807, 2.05) is 6.07 Å². The number of nitrogens with zero attached hydrogens (tertiary/aromatic N) is 1. The molecule has 4 nitrogen and oxygen atoms in total. The van der Waals surface area contributed by atoms with Crippen LogP contribution < -0.4 is 11.3 Å². The normalized spacial score (nSPS) is 12.7. The van der Waals surface area contributed by atoms with Gasteiger partial charge in [-0.15, -0.1) is 0 Å². The third-order valence-electron chi connectivity index (χ3n) is 2.01. The fourth-order valence-corrected chi connectivity index (χ4v) is 1.49. The first-order chi connectivity index (χ1) is 7.29. The molecule has 0 spiro atoms. The summed E-state index contributed by atoms with van der Waals surface area (Å²) in [6.07, 6.45) is 4.27. The molecule has 1 aromatic rings. The molecule has 1 rings (SSSR count). The average Bonchev–Trinajstić information content (AvgIpc) is 2.26. The first-order valence-corrected chi connectivity index (χ1v) is 5.30. The summed E-state index contributed by atoms with van der Waals surface area (Å²) in [5.41, 5.74) is 3.59. The maximum atomic E-state index is 6.00. The Labute approximate surface area is 94.8 Å². The van der Waals surface area contributed by atoms with Crippen molar-refractivity contribution in [3.63, 3.8) is 0 Å². The van der Waals surface area contributed by atoms with Crippen LogP contribution >= 0.6 is 11.6 Å². The van der Waals surface area contributed by atoms with Crippen molar-refractivity contribution in [1.29, 1.82) is 0 Å². The Hall–Kier alpha value is -0.680. The van der Waals surface area contributed by atoms with Crippen LogP contribution in [0.3, 0.4) is 0 Å². The zero-order chi connectivity index (χ0) is 11.1. The van der Waals surface area contributed by atoms with Gasteiger partial charge in [-0.2, -0.15) is 0 Å². The summed E-state index contributed by atoms with van der Waals surface area (Å²) in [5.74, 6) is 5.45. The molecule has 0 saturated heterocycles. The van der Waals surface area contributed by atoms with Gasteiger partial charge in [0.1, 0.15) is 0 Å². The molecule has 1 unspecified atom stereocenters. The van der Waals surface area contributed by atoms with Crippen molar-refractivity contribution in [2.45, 2.75) is 19.4 Å². The summed E-state index contributed by atoms with van der Waals surface area (Å²) in [5, 5.41) is 0.598. The van der Waals surface area contributed by atoms with E-state index in [0.29, 0.717) is 11.6 Å². The smallest absolute Gasteiger partial charge is 0.0709 e. The number of hydrogen-bond acceptors (Lipinski definition) is 4. The standard InChI is InChI=1S/C10H16ClN3O/c1-2-5-15-7-10(14-12)8-3-4-13-6-9(8)11/h3-4,6,10,14H,2,5,7,12H2,1H3. The lowest BCUT2D eigenvalue weighted by Gasteiger charge is -2.17. The molecule has 0 saturated carbocycles. The molecule has 1 atom stereocenters. The number of rotatable bonds is 6. The summed E-state index contributed by atoms with van der Waals surface area (Å²) >= 11 is 6.00. The second-order valence-electron chi connectivity index (χ2n) is 3.19. The van der Waals surface area contributed by atoms with Gasteiger partial charge < -0.3 is 4.74 Å². The van der Waals surface area contributed by atoms with E-state index in [4.69, 9.17) is 22.2 Å². The van der Waals surface area contributed by atoms with Gasteiger partial charge >= 0.3 is 0 Å². The molecule has 1 heterocycles. The average molecular weight is 230 g/mol. The van der Waals surface area contributed by atoms with Gasteiger partial charge in [-0.3, -0.25) is 16.3 Å². The molecule has 0 radical (unpaired) electrons. The third kappa shape index (κ3) is 3.76. The van der Waals surface area contributed by atoms with Crippen LogP contribution in [0.25, 0.3) is 0 Å². The number of hydrogen-bond donors (Lipinski definition) is 2. The van der Waals surface area contributed by atoms with Gasteiger partial charge in [0.2, 0.25) is 0 Å². The fraction of sp³-hybridized carbons (Fsp3) is 0.500. The molecule has 0 amide bonds. The minimum absolute atomic E-state index is 0.0907. The Morgan fingerprint density at radius 2 is 2.47 bits per heavy atom. The monoisotopic (exact) mass is 229 g/mol. The minimum Gasteiger partial charge on any atom is -0.379 e. The van der Waals surface area contributed by atoms with E-state index in [1.165, 1.54) is 0 Å². The predicted octanol–water partition coefficient (Wildman–Crippen LogP) is 1.67. The molecule has 0 aromatic carbocycles. The fourth-order valence-electron chi connectivity index (χ4n) is 1.24. The van der Waals surface area contributed by atoms with Gasteiger partial charge in [-0.25, -0.2) is 0 Å². The van der Waals surface area contributed by atoms with E-state index in [2.05, 4.69) is 17.3 Å². The number of pyridine rings is 1. The molecule has 0 bridgehead atoms. The molecule has 15 heavy (non-hydrogen) atoms. The van der Waals surface area contributed by atoms with Crippen LogP contribution in [0.5, 0.6) is 0 Å². The van der Waals surface area contributed by atoms with Crippen LogP contribution in [0, 0.1) is 0 Å². The molecular weight excluding hydrogens is 214 g/mol. The van der Waals surface area contributed by atoms with Gasteiger partial charge in [0.15, 0.2) is 0 Å². The first-order valence-electron chi connectivity index (χ1n) is 4.92. The van der Waals surface area contributed by atoms with E-state index in [0.717, 1.165) is 18.6 Å². The summed E-state index contributed by atoms with van der Waals surface area (Å²) in [6.45, 7) is 3.29. The van der Waals surface area contributed by atoms with Crippen molar-refractivity contribution in [2.24, 2.45) is 5.84 Å². The maximum Gasteiger partial charge on any atom is 0.0709 e. The molecule has 0 aliphatic carbocycles. The van der Waals surface area contributed by atoms with Crippen molar-refractivity contribution in [1.82, 2.24) is 10.4 Å². The Morgan fingerprint density at radius 3 is 3.07 bits per heavy atom. The summed E-state index contributed by atoms with van der Waals surface area (Å²) in [6, 6.07) is 1.74. The number of nitrogens with two attached hydrogens (primary N) is 1. The van der Waals surface area contributed by atoms with E-state index >= 15 is 0 Å². The van der Waals surface area contributed by atoms with Crippen molar-refractivity contribution in [2.75, 3.05) is 13.2 Å². The lowest BCUT2D eigenvalue weighted by molar-refractivity contribution is 0.112. The Bertz CT molecular complexity index is 296. The van der Waals surface area contributed by atoms with Crippen LogP contribution in [-0.4, -0.2) is 18.2 Å². The zero-order valence-corrected chi connectivity index (χ0v) is 9.50. The highest BCUT2D eigenvalue weighted by Crippen LogP contribution is 2.21. The largest absolute Gasteiger partial charge is 0.379 e. The Balaban J connectivity index is 2.61. The second-order valence-corrected chi connectivity index (χ2v) is 3.60. The Morgan fingerprint density at radius 1 is 1.67 bits per heavy atom. The second kappa shape index (κ2) is 6.74. The van der Waals surface area contributed by atoms with Crippen molar-refractivity contribution >= 4 is 11.6 Å². The lowest BCUT2D eigenvalue weighted by atomic mass is 10.1. The minimum atomic E-state index is -0.0907. The van der Waals surface area contributed by atoms with Gasteiger partial charge in [-0.05, 0) is 18.1 Å². The van der Waals surface area contributed by atoms with Gasteiger partial charge in [0.05, 0.1) is 17.7 Å². The summed E-state index contributed by atoms with van der Waals surface area (Å²) < 4.78 is 5.42. The van der Waals surface area contributed by atoms with Gasteiger partial charge in [0.25, 0.3) is 0 Å². The number of ether oxygens (including phenoxy) is 1. The van der Waals surface area contributed by atoms with Crippen LogP contribution in [0.1, 0.15) is 24.9 Å². The highest BCUT2D eigenvalue weighted by Gasteiger charge is 2.12. The number of aromatic nitrogens is 1. The van der Waals surface area contributed by atoms with E-state index < -0.39 is 0 Å². The molecule has 0 aliphatic rings. The quantitative estimate of drug-likeness (QED) is 0.443. The molecule has 1 aromatic heterocycles. The molecule has 5 heteroatoms. The van der Waals surface area contributed by atoms with Crippen molar-refractivity contribution < 1.29 is 4.74 Å². The van der Waals surface area contributed by atoms with Gasteiger partial charge in [-0.1, -0.05) is 18.5 Å². The Kier molecular flexibility index (Phi) is 5.57. The molecule has 84 valence electrons. The highest BCUT2D eigenvalue weighted by molar-refractivity contribution is 6.31. The van der Waals surface area contributed by atoms with Crippen LogP contribution in [-0.2, 0) is 4.74 Å². The van der Waals surface area contributed by atoms with Crippen molar-refractivity contribution in [3.8, 4) is 0 Å². The number of nitrogens with one attached hydrogen (secondary N) is 1. The highest BCUT2D eigenvalue weighted by atomic mass is 35.5. The SMILES string of the molecule is CCCOCC(NN)c1ccncc1Cl. The summed E-state index contributed by atoms with van der Waals surface area (Å²) in [7, 11) is 0. The summed E-state index contributed by atoms with van der Waals surface area (Å²) in [4.78, 5) is 3.92. The maximum absolute atomic E-state index is 6.00. The molecule has 0 aliphatic heterocycles. The van der Waals surface area contributed by atoms with Crippen molar-refractivity contribution in [3.05, 3.63) is 29.0 Å². The zero-order valence-electron chi connectivity index (χ0n) is 8.74. The topological polar surface area (TPSA) is 60.2 Å². The molecular formula is C10H16ClN3O. The molecule has 0 fully saturated rings. The number of halogens is 1. The molecule has 3 N–H and O–H groups in total.